The molecule has 13 heteroatoms. The third-order valence-corrected chi connectivity index (χ3v) is 8.72. The van der Waals surface area contributed by atoms with E-state index in [0.717, 1.165) is 6.26 Å². The first-order chi connectivity index (χ1) is 19.5. The van der Waals surface area contributed by atoms with Gasteiger partial charge < -0.3 is 5.32 Å². The molecule has 5 rings (SSSR count). The third-order valence-electron chi connectivity index (χ3n) is 6.64. The highest BCUT2D eigenvalue weighted by atomic mass is 35.5. The van der Waals surface area contributed by atoms with Crippen molar-refractivity contribution in [1.29, 1.82) is 0 Å². The molecule has 2 aromatic carbocycles. The number of carbonyl (C=O) groups excluding carboxylic acids is 1. The van der Waals surface area contributed by atoms with Crippen molar-refractivity contribution in [2.24, 2.45) is 0 Å². The quantitative estimate of drug-likeness (QED) is 0.269. The lowest BCUT2D eigenvalue weighted by atomic mass is 10.0. The number of halogens is 3. The van der Waals surface area contributed by atoms with Gasteiger partial charge in [0.25, 0.3) is 0 Å². The Labute approximate surface area is 246 Å². The van der Waals surface area contributed by atoms with Crippen LogP contribution in [0.1, 0.15) is 35.5 Å². The van der Waals surface area contributed by atoms with E-state index in [-0.39, 0.29) is 13.1 Å². The van der Waals surface area contributed by atoms with Gasteiger partial charge in [0.05, 0.1) is 46.2 Å². The molecular formula is C28H25Cl2FN5O4S+. The molecule has 3 heterocycles. The van der Waals surface area contributed by atoms with Crippen LogP contribution >= 0.6 is 23.2 Å². The topological polar surface area (TPSA) is 103 Å². The van der Waals surface area contributed by atoms with Gasteiger partial charge in [0.2, 0.25) is 0 Å². The molecule has 9 nitrogen and oxygen atoms in total. The molecule has 1 N–H and O–H groups in total. The SMILES string of the molecule is CC(NC(=O)O[N+]1(S(C)(=O)=O)C/C(=C\c2ccc(F)cc2)c2c(cnn2-c2ccc(Cl)cc2Cl)C1)c1ccccn1. The van der Waals surface area contributed by atoms with Crippen LogP contribution in [-0.4, -0.2) is 46.1 Å². The molecule has 212 valence electrons. The molecule has 0 bridgehead atoms. The van der Waals surface area contributed by atoms with E-state index in [0.29, 0.717) is 43.8 Å². The van der Waals surface area contributed by atoms with Crippen molar-refractivity contribution in [1.82, 2.24) is 20.1 Å². The van der Waals surface area contributed by atoms with Crippen molar-refractivity contribution in [2.75, 3.05) is 12.8 Å². The number of nitrogens with one attached hydrogen (secondary N) is 1. The highest BCUT2D eigenvalue weighted by Crippen LogP contribution is 2.39. The molecule has 1 amide bonds. The molecule has 0 saturated heterocycles. The number of quaternary nitrogens is 1. The number of hydrogen-bond donors (Lipinski definition) is 1. The highest BCUT2D eigenvalue weighted by Gasteiger charge is 2.50. The van der Waals surface area contributed by atoms with E-state index in [9.17, 15) is 17.6 Å². The van der Waals surface area contributed by atoms with Gasteiger partial charge in [-0.3, -0.25) is 4.98 Å². The van der Waals surface area contributed by atoms with E-state index in [2.05, 4.69) is 15.4 Å². The lowest BCUT2D eigenvalue weighted by Crippen LogP contribution is -2.56. The van der Waals surface area contributed by atoms with Crippen LogP contribution in [0.15, 0.2) is 73.1 Å². The monoisotopic (exact) mass is 616 g/mol. The van der Waals surface area contributed by atoms with E-state index in [4.69, 9.17) is 28.0 Å². The highest BCUT2D eigenvalue weighted by molar-refractivity contribution is 7.85. The summed E-state index contributed by atoms with van der Waals surface area (Å²) >= 11 is 12.6. The number of nitrogens with zero attached hydrogens (tertiary/aromatic N) is 4. The van der Waals surface area contributed by atoms with Crippen molar-refractivity contribution in [3.63, 3.8) is 0 Å². The van der Waals surface area contributed by atoms with Crippen LogP contribution in [0.5, 0.6) is 0 Å². The summed E-state index contributed by atoms with van der Waals surface area (Å²) in [5, 5.41) is 7.93. The Morgan fingerprint density at radius 2 is 1.90 bits per heavy atom. The van der Waals surface area contributed by atoms with Crippen LogP contribution in [0.3, 0.4) is 0 Å². The van der Waals surface area contributed by atoms with E-state index in [1.807, 2.05) is 0 Å². The smallest absolute Gasteiger partial charge is 0.309 e. The Kier molecular flexibility index (Phi) is 7.89. The first-order valence-corrected chi connectivity index (χ1v) is 15.0. The third kappa shape index (κ3) is 5.98. The number of rotatable bonds is 6. The maximum absolute atomic E-state index is 13.7. The van der Waals surface area contributed by atoms with E-state index in [1.54, 1.807) is 72.4 Å². The summed E-state index contributed by atoms with van der Waals surface area (Å²) in [6.45, 7) is 1.24. The zero-order valence-electron chi connectivity index (χ0n) is 22.0. The van der Waals surface area contributed by atoms with Gasteiger partial charge in [0, 0.05) is 16.8 Å². The number of benzene rings is 2. The molecule has 1 aliphatic heterocycles. The Bertz CT molecular complexity index is 1750. The summed E-state index contributed by atoms with van der Waals surface area (Å²) in [6, 6.07) is 15.4. The van der Waals surface area contributed by atoms with Gasteiger partial charge in [0.15, 0.2) is 13.1 Å². The van der Waals surface area contributed by atoms with Crippen LogP contribution in [0.4, 0.5) is 9.18 Å². The zero-order chi connectivity index (χ0) is 29.4. The molecule has 0 saturated carbocycles. The molecule has 2 unspecified atom stereocenters. The summed E-state index contributed by atoms with van der Waals surface area (Å²) in [5.74, 6) is -0.419. The van der Waals surface area contributed by atoms with Crippen LogP contribution in [0.2, 0.25) is 10.0 Å². The molecule has 0 fully saturated rings. The van der Waals surface area contributed by atoms with Gasteiger partial charge >= 0.3 is 16.1 Å². The number of carbonyl (C=O) groups is 1. The first-order valence-electron chi connectivity index (χ1n) is 12.4. The average molecular weight is 618 g/mol. The molecule has 2 atom stereocenters. The second-order valence-corrected chi connectivity index (χ2v) is 12.6. The predicted molar refractivity (Wildman–Crippen MR) is 154 cm³/mol. The van der Waals surface area contributed by atoms with Gasteiger partial charge in [0.1, 0.15) is 5.82 Å². The number of amides is 1. The molecule has 2 aromatic heterocycles. The number of aromatic nitrogens is 3. The molecule has 41 heavy (non-hydrogen) atoms. The molecule has 1 aliphatic rings. The molecule has 0 radical (unpaired) electrons. The lowest BCUT2D eigenvalue weighted by Gasteiger charge is -2.35. The summed E-state index contributed by atoms with van der Waals surface area (Å²) in [7, 11) is -4.07. The second-order valence-electron chi connectivity index (χ2n) is 9.61. The van der Waals surface area contributed by atoms with Gasteiger partial charge in [-0.2, -0.15) is 13.5 Å². The maximum atomic E-state index is 13.7. The number of hydrogen-bond acceptors (Lipinski definition) is 6. The number of hydroxylamine groups is 2. The minimum atomic E-state index is -4.07. The van der Waals surface area contributed by atoms with E-state index in [1.165, 1.54) is 18.3 Å². The second kappa shape index (κ2) is 11.2. The van der Waals surface area contributed by atoms with Gasteiger partial charge in [-0.05, 0) is 65.1 Å². The minimum absolute atomic E-state index is 0.217. The standard InChI is InChI=1S/C28H24Cl2FN5O4S/c1-18(25-5-3-4-12-32-25)34-28(37)40-36(41(2,38)39)16-20(13-19-6-9-23(31)10-7-19)27-21(17-36)15-33-35(27)26-11-8-22(29)14-24(26)30/h3-15,18H,16-17H2,1-2H3/p+1/b20-13+. The van der Waals surface area contributed by atoms with Gasteiger partial charge in [-0.25, -0.2) is 18.7 Å². The fraction of sp³-hybridized carbons (Fsp3) is 0.179. The summed E-state index contributed by atoms with van der Waals surface area (Å²) in [4.78, 5) is 23.1. The summed E-state index contributed by atoms with van der Waals surface area (Å²) in [6.07, 6.45) is 4.87. The summed E-state index contributed by atoms with van der Waals surface area (Å²) < 4.78 is 40.9. The fourth-order valence-corrected chi connectivity index (χ4v) is 6.07. The number of sulfonamides is 1. The normalized spacial score (nSPS) is 18.5. The van der Waals surface area contributed by atoms with Crippen molar-refractivity contribution < 1.29 is 26.5 Å². The van der Waals surface area contributed by atoms with Crippen LogP contribution < -0.4 is 5.32 Å². The van der Waals surface area contributed by atoms with E-state index < -0.39 is 32.0 Å². The Morgan fingerprint density at radius 3 is 2.56 bits per heavy atom. The largest absolute Gasteiger partial charge is 0.464 e. The van der Waals surface area contributed by atoms with Crippen molar-refractivity contribution in [2.45, 2.75) is 19.5 Å². The molecular weight excluding hydrogens is 592 g/mol. The number of fused-ring (bicyclic) bond motifs is 1. The first kappa shape index (κ1) is 28.7. The van der Waals surface area contributed by atoms with Crippen molar-refractivity contribution in [3.05, 3.63) is 111 Å². The van der Waals surface area contributed by atoms with E-state index >= 15 is 0 Å². The van der Waals surface area contributed by atoms with Gasteiger partial charge in [-0.1, -0.05) is 41.4 Å². The molecule has 0 spiro atoms. The van der Waals surface area contributed by atoms with Crippen molar-refractivity contribution in [3.8, 4) is 5.69 Å². The van der Waals surface area contributed by atoms with Crippen molar-refractivity contribution >= 4 is 51.0 Å². The zero-order valence-corrected chi connectivity index (χ0v) is 24.3. The Morgan fingerprint density at radius 1 is 1.15 bits per heavy atom. The Hall–Kier alpha value is -3.77. The minimum Gasteiger partial charge on any atom is -0.309 e. The summed E-state index contributed by atoms with van der Waals surface area (Å²) in [5.41, 5.74) is 3.23. The molecule has 0 aliphatic carbocycles. The average Bonchev–Trinajstić information content (AvgIpc) is 3.33. The molecule has 4 aromatic rings. The van der Waals surface area contributed by atoms with Crippen LogP contribution in [0, 0.1) is 5.82 Å². The van der Waals surface area contributed by atoms with Gasteiger partial charge in [-0.15, -0.1) is 0 Å². The predicted octanol–water partition coefficient (Wildman–Crippen LogP) is 5.95. The number of pyridine rings is 1. The lowest BCUT2D eigenvalue weighted by molar-refractivity contribution is -0.993. The van der Waals surface area contributed by atoms with Crippen LogP contribution in [0.25, 0.3) is 17.3 Å². The van der Waals surface area contributed by atoms with Crippen LogP contribution in [-0.2, 0) is 21.4 Å². The fourth-order valence-electron chi connectivity index (χ4n) is 4.63. The maximum Gasteiger partial charge on any atom is 0.464 e. The Balaban J connectivity index is 1.59.